The minimum atomic E-state index is -4.99. The van der Waals surface area contributed by atoms with Crippen LogP contribution in [0.1, 0.15) is 25.7 Å². The molecule has 0 saturated carbocycles. The largest absolute Gasteiger partial charge is 0.621 e. The molecule has 0 heterocycles. The Morgan fingerprint density at radius 1 is 0.277 bits per heavy atom. The van der Waals surface area contributed by atoms with Gasteiger partial charge in [0.05, 0.1) is 50.8 Å². The van der Waals surface area contributed by atoms with Crippen molar-refractivity contribution in [2.24, 2.45) is 0 Å². The molecule has 0 saturated heterocycles. The van der Waals surface area contributed by atoms with Crippen LogP contribution in [0.25, 0.3) is 0 Å². The molecule has 20 N–H and O–H groups in total. The van der Waals surface area contributed by atoms with Gasteiger partial charge in [0.25, 0.3) is 0 Å². The number of aliphatic hydroxyl groups is 20. The lowest BCUT2D eigenvalue weighted by atomic mass is 9.99. The summed E-state index contributed by atoms with van der Waals surface area (Å²) >= 11 is 0. The number of esters is 4. The molecule has 376 valence electrons. The fraction of sp³-hybridized carbons (Fsp3) is 0.758. The third-order valence-corrected chi connectivity index (χ3v) is 8.66. The number of carbonyl (C=O) groups is 8. The predicted octanol–water partition coefficient (Wildman–Crippen LogP) is -14.6. The van der Waals surface area contributed by atoms with Crippen LogP contribution in [0.15, 0.2) is 0 Å². The third-order valence-electron chi connectivity index (χ3n) is 8.66. The summed E-state index contributed by atoms with van der Waals surface area (Å²) < 4.78 is 17.3. The number of hydrogen-bond donors (Lipinski definition) is 20. The van der Waals surface area contributed by atoms with E-state index in [1.165, 1.54) is 0 Å². The molecule has 0 radical (unpaired) electrons. The molecule has 32 nitrogen and oxygen atoms in total. The Morgan fingerprint density at radius 3 is 0.554 bits per heavy atom. The molecule has 0 aromatic carbocycles. The van der Waals surface area contributed by atoms with Crippen LogP contribution in [0.5, 0.6) is 0 Å². The number of hydrogen-bond acceptors (Lipinski definition) is 32. The molecular formula is C33H52O32. The van der Waals surface area contributed by atoms with Crippen LogP contribution in [0.2, 0.25) is 0 Å². The zero-order valence-corrected chi connectivity index (χ0v) is 33.2. The Hall–Kier alpha value is -4.24. The van der Waals surface area contributed by atoms with Crippen molar-refractivity contribution in [3.05, 3.63) is 0 Å². The number of Topliss-reactive ketones (excluding diaryl/α,β-unsaturated/α-hetero) is 4. The first-order chi connectivity index (χ1) is 30.0. The average molecular weight is 961 g/mol. The predicted molar refractivity (Wildman–Crippen MR) is 190 cm³/mol. The smallest absolute Gasteiger partial charge is 0.394 e. The van der Waals surface area contributed by atoms with Crippen LogP contribution < -0.4 is 0 Å². The first-order valence-electron chi connectivity index (χ1n) is 18.3. The van der Waals surface area contributed by atoms with Gasteiger partial charge in [-0.3, -0.25) is 19.2 Å². The van der Waals surface area contributed by atoms with Gasteiger partial charge in [-0.05, 0) is 0 Å². The highest BCUT2D eigenvalue weighted by atomic mass is 17.0. The molecule has 32 heteroatoms. The standard InChI is InChI=1S/C33H52O32/c34-5-17(46)25(54)21(50)9(38)1-13(42)29(58)62-33(63-30(59)14(43)2-10(39)22(51)26(55)18(47)6-35,64-31(60)15(44)3-11(40)23(52)27(56)19(48)7-36)65-32(61)16(45)4-12(41)24(53)28(57)20(49)8-37/h9-12,17-28,34-41,46-57H,1-8H2/t9-,10-,11-,12-,17-,18-,19-,20-,21-,22-,23-,24-,25-,26-,27-,28-/m1/s1. The van der Waals surface area contributed by atoms with E-state index in [9.17, 15) is 120 Å². The van der Waals surface area contributed by atoms with E-state index >= 15 is 0 Å². The molecule has 0 aliphatic heterocycles. The van der Waals surface area contributed by atoms with Crippen LogP contribution in [-0.4, -0.2) is 279 Å². The topological polar surface area (TPSA) is 578 Å². The Balaban J connectivity index is 7.38. The van der Waals surface area contributed by atoms with Gasteiger partial charge in [0.1, 0.15) is 73.2 Å². The van der Waals surface area contributed by atoms with Crippen molar-refractivity contribution >= 4 is 47.0 Å². The number of ketones is 4. The van der Waals surface area contributed by atoms with Gasteiger partial charge in [-0.2, -0.15) is 0 Å². The van der Waals surface area contributed by atoms with Gasteiger partial charge in [0, 0.05) is 25.7 Å². The van der Waals surface area contributed by atoms with E-state index in [2.05, 4.69) is 18.9 Å². The maximum atomic E-state index is 13.1. The highest BCUT2D eigenvalue weighted by Crippen LogP contribution is 2.24. The second-order valence-corrected chi connectivity index (χ2v) is 13.8. The lowest BCUT2D eigenvalue weighted by Gasteiger charge is -2.29. The molecule has 0 aliphatic carbocycles. The maximum Gasteiger partial charge on any atom is 0.621 e. The monoisotopic (exact) mass is 960 g/mol. The first-order valence-corrected chi connectivity index (χ1v) is 18.3. The average Bonchev–Trinajstić information content (AvgIpc) is 3.27. The summed E-state index contributed by atoms with van der Waals surface area (Å²) in [6.45, 7) is -5.03. The molecule has 0 amide bonds. The molecule has 0 spiro atoms. The zero-order chi connectivity index (χ0) is 50.8. The lowest BCUT2D eigenvalue weighted by Crippen LogP contribution is -2.53. The molecule has 65 heavy (non-hydrogen) atoms. The van der Waals surface area contributed by atoms with E-state index in [1.807, 2.05) is 0 Å². The van der Waals surface area contributed by atoms with E-state index in [0.717, 1.165) is 0 Å². The fourth-order valence-corrected chi connectivity index (χ4v) is 4.64. The molecule has 0 aromatic heterocycles. The normalized spacial score (nSPS) is 19.4. The minimum absolute atomic E-state index is 1.26. The number of rotatable bonds is 32. The van der Waals surface area contributed by atoms with Crippen molar-refractivity contribution in [1.29, 1.82) is 0 Å². The summed E-state index contributed by atoms with van der Waals surface area (Å²) in [4.78, 5) is 103. The molecular weight excluding hydrogens is 908 g/mol. The molecule has 0 rings (SSSR count). The van der Waals surface area contributed by atoms with Gasteiger partial charge in [-0.15, -0.1) is 0 Å². The molecule has 0 unspecified atom stereocenters. The van der Waals surface area contributed by atoms with Crippen molar-refractivity contribution in [1.82, 2.24) is 0 Å². The minimum Gasteiger partial charge on any atom is -0.394 e. The van der Waals surface area contributed by atoms with Crippen LogP contribution in [0, 0.1) is 0 Å². The van der Waals surface area contributed by atoms with Crippen LogP contribution in [-0.2, 0) is 57.3 Å². The Bertz CT molecular complexity index is 1360. The van der Waals surface area contributed by atoms with Crippen molar-refractivity contribution in [3.63, 3.8) is 0 Å². The van der Waals surface area contributed by atoms with E-state index in [0.29, 0.717) is 0 Å². The molecule has 16 atom stereocenters. The lowest BCUT2D eigenvalue weighted by molar-refractivity contribution is -0.427. The Kier molecular flexibility index (Phi) is 26.2. The van der Waals surface area contributed by atoms with Crippen molar-refractivity contribution in [2.75, 3.05) is 26.4 Å². The van der Waals surface area contributed by atoms with E-state index in [-0.39, 0.29) is 0 Å². The second-order valence-electron chi connectivity index (χ2n) is 13.8. The van der Waals surface area contributed by atoms with Crippen molar-refractivity contribution in [2.45, 2.75) is 130 Å². The molecule has 0 aliphatic rings. The summed E-state index contributed by atoms with van der Waals surface area (Å²) in [5, 5.41) is 194. The number of carbonyl (C=O) groups excluding carboxylic acids is 8. The molecule has 0 fully saturated rings. The first kappa shape index (κ1) is 60.8. The molecule has 0 aromatic rings. The number of aliphatic hydroxyl groups excluding tert-OH is 20. The SMILES string of the molecule is O=C(C[C@@H](O)[C@@H](O)[C@H](O)[C@H](O)CO)C(=O)OC(OC(=O)C(=O)C[C@@H](O)[C@@H](O)[C@H](O)[C@H](O)CO)(OC(=O)C(=O)C[C@@H](O)[C@@H](O)[C@H](O)[C@H](O)CO)OC(=O)C(=O)C[C@@H](O)[C@@H](O)[C@H](O)[C@H](O)CO. The fourth-order valence-electron chi connectivity index (χ4n) is 4.64. The maximum absolute atomic E-state index is 13.1. The van der Waals surface area contributed by atoms with Crippen LogP contribution >= 0.6 is 0 Å². The second kappa shape index (κ2) is 28.1. The van der Waals surface area contributed by atoms with Gasteiger partial charge in [0.2, 0.25) is 23.1 Å². The summed E-state index contributed by atoms with van der Waals surface area (Å²) in [7, 11) is 0. The van der Waals surface area contributed by atoms with Gasteiger partial charge < -0.3 is 121 Å². The quantitative estimate of drug-likeness (QED) is 0.0169. The Labute approximate surface area is 362 Å². The zero-order valence-electron chi connectivity index (χ0n) is 33.2. The van der Waals surface area contributed by atoms with Gasteiger partial charge in [-0.1, -0.05) is 0 Å². The summed E-state index contributed by atoms with van der Waals surface area (Å²) in [5.74, 6) is -19.9. The third kappa shape index (κ3) is 18.5. The summed E-state index contributed by atoms with van der Waals surface area (Å²) in [6, 6.07) is 0. The van der Waals surface area contributed by atoms with E-state index in [4.69, 9.17) is 20.4 Å². The van der Waals surface area contributed by atoms with Crippen LogP contribution in [0.4, 0.5) is 0 Å². The van der Waals surface area contributed by atoms with Crippen LogP contribution in [0.3, 0.4) is 0 Å². The van der Waals surface area contributed by atoms with Gasteiger partial charge in [0.15, 0.2) is 0 Å². The molecule has 0 bridgehead atoms. The highest BCUT2D eigenvalue weighted by molar-refractivity contribution is 6.36. The number of ether oxygens (including phenoxy) is 4. The van der Waals surface area contributed by atoms with Crippen molar-refractivity contribution < 1.29 is 159 Å². The summed E-state index contributed by atoms with van der Waals surface area (Å²) in [5.41, 5.74) is 0. The Morgan fingerprint density at radius 2 is 0.415 bits per heavy atom. The van der Waals surface area contributed by atoms with E-state index < -0.39 is 203 Å². The summed E-state index contributed by atoms with van der Waals surface area (Å²) in [6.07, 6.45) is -51.8. The van der Waals surface area contributed by atoms with Gasteiger partial charge in [-0.25, -0.2) is 19.2 Å². The van der Waals surface area contributed by atoms with Gasteiger partial charge >= 0.3 is 30.0 Å². The van der Waals surface area contributed by atoms with E-state index in [1.54, 1.807) is 0 Å². The van der Waals surface area contributed by atoms with Crippen molar-refractivity contribution in [3.8, 4) is 0 Å². The highest BCUT2D eigenvalue weighted by Gasteiger charge is 2.54.